The summed E-state index contributed by atoms with van der Waals surface area (Å²) in [6.45, 7) is 14.1. The van der Waals surface area contributed by atoms with E-state index >= 15 is 0 Å². The van der Waals surface area contributed by atoms with Gasteiger partial charge in [0.05, 0.1) is 0 Å². The lowest BCUT2D eigenvalue weighted by Gasteiger charge is -2.33. The molecule has 1 heterocycles. The summed E-state index contributed by atoms with van der Waals surface area (Å²) >= 11 is 0. The maximum absolute atomic E-state index is 2.51. The van der Waals surface area contributed by atoms with Gasteiger partial charge in [0.15, 0.2) is 0 Å². The molecule has 0 amide bonds. The van der Waals surface area contributed by atoms with E-state index in [-0.39, 0.29) is 0 Å². The van der Waals surface area contributed by atoms with Crippen LogP contribution in [0.3, 0.4) is 0 Å². The van der Waals surface area contributed by atoms with Crippen molar-refractivity contribution >= 4 is 0 Å². The maximum Gasteiger partial charge on any atom is 0.0110 e. The van der Waals surface area contributed by atoms with Gasteiger partial charge in [-0.1, -0.05) is 49.7 Å². The molecule has 1 aromatic rings. The lowest BCUT2D eigenvalue weighted by molar-refractivity contribution is 0.142. The highest BCUT2D eigenvalue weighted by molar-refractivity contribution is 5.11. The summed E-state index contributed by atoms with van der Waals surface area (Å²) in [6.07, 6.45) is 0. The van der Waals surface area contributed by atoms with E-state index in [9.17, 15) is 0 Å². The first-order chi connectivity index (χ1) is 8.26. The van der Waals surface area contributed by atoms with Crippen LogP contribution in [0.4, 0.5) is 0 Å². The number of hydrogen-bond donors (Lipinski definition) is 0. The summed E-state index contributed by atoms with van der Waals surface area (Å²) in [5.41, 5.74) is 1.32. The molecule has 0 aliphatic carbocycles. The number of hydrogen-bond acceptors (Lipinski definition) is 2. The van der Waals surface area contributed by atoms with Gasteiger partial charge in [0.25, 0.3) is 0 Å². The first-order valence-corrected chi connectivity index (χ1v) is 6.72. The molecule has 17 heavy (non-hydrogen) atoms. The van der Waals surface area contributed by atoms with E-state index in [4.69, 9.17) is 0 Å². The predicted molar refractivity (Wildman–Crippen MR) is 75.4 cm³/mol. The van der Waals surface area contributed by atoms with Gasteiger partial charge in [0.2, 0.25) is 0 Å². The predicted octanol–water partition coefficient (Wildman–Crippen LogP) is 2.64. The number of rotatable bonds is 2. The molecule has 0 spiro atoms. The molecule has 1 fully saturated rings. The lowest BCUT2D eigenvalue weighted by Crippen LogP contribution is -2.45. The Morgan fingerprint density at radius 1 is 0.824 bits per heavy atom. The number of benzene rings is 1. The van der Waals surface area contributed by atoms with Crippen molar-refractivity contribution in [1.82, 2.24) is 9.80 Å². The fraction of sp³-hybridized carbons (Fsp3) is 0.600. The second-order valence-electron chi connectivity index (χ2n) is 4.52. The normalized spacial score (nSPS) is 17.4. The third-order valence-electron chi connectivity index (χ3n) is 3.30. The zero-order valence-electron chi connectivity index (χ0n) is 11.5. The van der Waals surface area contributed by atoms with E-state index in [0.29, 0.717) is 0 Å². The standard InChI is InChI=1S/C8H18N2.C7H8/c1-3-9-5-7-10(4-2)8-6-9;1-7-5-3-2-4-6-7/h3-8H2,1-2H3;2-6H,1H3. The van der Waals surface area contributed by atoms with Gasteiger partial charge in [0.1, 0.15) is 0 Å². The molecule has 0 radical (unpaired) electrons. The molecule has 0 atom stereocenters. The van der Waals surface area contributed by atoms with Crippen molar-refractivity contribution < 1.29 is 0 Å². The van der Waals surface area contributed by atoms with Crippen molar-refractivity contribution in [2.45, 2.75) is 20.8 Å². The minimum atomic E-state index is 1.22. The maximum atomic E-state index is 2.51. The van der Waals surface area contributed by atoms with Crippen LogP contribution < -0.4 is 0 Å². The summed E-state index contributed by atoms with van der Waals surface area (Å²) in [5.74, 6) is 0. The van der Waals surface area contributed by atoms with Gasteiger partial charge in [-0.3, -0.25) is 0 Å². The van der Waals surface area contributed by atoms with Crippen molar-refractivity contribution in [3.05, 3.63) is 35.9 Å². The van der Waals surface area contributed by atoms with Crippen molar-refractivity contribution in [2.24, 2.45) is 0 Å². The lowest BCUT2D eigenvalue weighted by atomic mass is 10.2. The average Bonchev–Trinajstić information content (AvgIpc) is 2.40. The first kappa shape index (κ1) is 14.2. The van der Waals surface area contributed by atoms with E-state index in [0.717, 1.165) is 0 Å². The molecule has 0 N–H and O–H groups in total. The molecule has 2 rings (SSSR count). The number of nitrogens with zero attached hydrogens (tertiary/aromatic N) is 2. The Morgan fingerprint density at radius 2 is 1.24 bits per heavy atom. The quantitative estimate of drug-likeness (QED) is 0.776. The van der Waals surface area contributed by atoms with Crippen molar-refractivity contribution in [2.75, 3.05) is 39.3 Å². The van der Waals surface area contributed by atoms with Gasteiger partial charge < -0.3 is 9.80 Å². The molecule has 0 unspecified atom stereocenters. The van der Waals surface area contributed by atoms with E-state index in [1.54, 1.807) is 0 Å². The highest BCUT2D eigenvalue weighted by Crippen LogP contribution is 1.99. The summed E-state index contributed by atoms with van der Waals surface area (Å²) in [6, 6.07) is 10.3. The van der Waals surface area contributed by atoms with Crippen LogP contribution in [0.2, 0.25) is 0 Å². The average molecular weight is 234 g/mol. The van der Waals surface area contributed by atoms with Crippen LogP contribution in [0.1, 0.15) is 19.4 Å². The topological polar surface area (TPSA) is 6.48 Å². The van der Waals surface area contributed by atoms with Gasteiger partial charge in [-0.25, -0.2) is 0 Å². The fourth-order valence-electron chi connectivity index (χ4n) is 1.96. The third kappa shape index (κ3) is 5.85. The Bertz CT molecular complexity index is 264. The Hall–Kier alpha value is -0.860. The number of likely N-dealkylation sites (N-methyl/N-ethyl adjacent to an activating group) is 2. The van der Waals surface area contributed by atoms with E-state index < -0.39 is 0 Å². The van der Waals surface area contributed by atoms with Crippen LogP contribution >= 0.6 is 0 Å². The summed E-state index contributed by atoms with van der Waals surface area (Å²) in [5, 5.41) is 0. The molecule has 1 aromatic carbocycles. The third-order valence-corrected chi connectivity index (χ3v) is 3.30. The second-order valence-corrected chi connectivity index (χ2v) is 4.52. The van der Waals surface area contributed by atoms with Gasteiger partial charge >= 0.3 is 0 Å². The Kier molecular flexibility index (Phi) is 6.90. The number of piperazine rings is 1. The second kappa shape index (κ2) is 8.26. The summed E-state index contributed by atoms with van der Waals surface area (Å²) in [7, 11) is 0. The Morgan fingerprint density at radius 3 is 1.47 bits per heavy atom. The first-order valence-electron chi connectivity index (χ1n) is 6.72. The van der Waals surface area contributed by atoms with Crippen LogP contribution in [0, 0.1) is 6.92 Å². The Labute approximate surface area is 106 Å². The molecule has 1 saturated heterocycles. The Balaban J connectivity index is 0.000000181. The molecular weight excluding hydrogens is 208 g/mol. The van der Waals surface area contributed by atoms with Gasteiger partial charge in [-0.2, -0.15) is 0 Å². The zero-order valence-corrected chi connectivity index (χ0v) is 11.5. The summed E-state index contributed by atoms with van der Waals surface area (Å²) < 4.78 is 0. The largest absolute Gasteiger partial charge is 0.301 e. The van der Waals surface area contributed by atoms with Crippen molar-refractivity contribution in [3.8, 4) is 0 Å². The molecule has 0 bridgehead atoms. The highest BCUT2D eigenvalue weighted by atomic mass is 15.2. The molecule has 0 aromatic heterocycles. The van der Waals surface area contributed by atoms with Gasteiger partial charge in [-0.05, 0) is 20.0 Å². The minimum absolute atomic E-state index is 1.22. The number of aryl methyl sites for hydroxylation is 1. The minimum Gasteiger partial charge on any atom is -0.301 e. The van der Waals surface area contributed by atoms with Crippen LogP contribution in [0.5, 0.6) is 0 Å². The summed E-state index contributed by atoms with van der Waals surface area (Å²) in [4.78, 5) is 5.01. The molecule has 2 nitrogen and oxygen atoms in total. The van der Waals surface area contributed by atoms with Crippen molar-refractivity contribution in [1.29, 1.82) is 0 Å². The molecule has 2 heteroatoms. The van der Waals surface area contributed by atoms with E-state index in [1.165, 1.54) is 44.8 Å². The van der Waals surface area contributed by atoms with Crippen LogP contribution in [-0.2, 0) is 0 Å². The van der Waals surface area contributed by atoms with Crippen LogP contribution in [0.15, 0.2) is 30.3 Å². The molecule has 0 saturated carbocycles. The smallest absolute Gasteiger partial charge is 0.0110 e. The van der Waals surface area contributed by atoms with E-state index in [2.05, 4.69) is 42.7 Å². The van der Waals surface area contributed by atoms with Crippen LogP contribution in [0.25, 0.3) is 0 Å². The van der Waals surface area contributed by atoms with Gasteiger partial charge in [0, 0.05) is 26.2 Å². The van der Waals surface area contributed by atoms with E-state index in [1.807, 2.05) is 18.2 Å². The van der Waals surface area contributed by atoms with Crippen molar-refractivity contribution in [3.63, 3.8) is 0 Å². The zero-order chi connectivity index (χ0) is 12.5. The molecular formula is C15H26N2. The van der Waals surface area contributed by atoms with Crippen LogP contribution in [-0.4, -0.2) is 49.1 Å². The monoisotopic (exact) mass is 234 g/mol. The fourth-order valence-corrected chi connectivity index (χ4v) is 1.96. The SMILES string of the molecule is CCN1CCN(CC)CC1.Cc1ccccc1. The molecule has 1 aliphatic rings. The van der Waals surface area contributed by atoms with Gasteiger partial charge in [-0.15, -0.1) is 0 Å². The highest BCUT2D eigenvalue weighted by Gasteiger charge is 2.12. The molecule has 96 valence electrons. The molecule has 1 aliphatic heterocycles.